The Labute approximate surface area is 103 Å². The van der Waals surface area contributed by atoms with Gasteiger partial charge in [0.1, 0.15) is 0 Å². The molecule has 0 radical (unpaired) electrons. The van der Waals surface area contributed by atoms with Gasteiger partial charge in [-0.3, -0.25) is 9.59 Å². The van der Waals surface area contributed by atoms with E-state index in [1.165, 1.54) is 25.7 Å². The van der Waals surface area contributed by atoms with Gasteiger partial charge in [-0.25, -0.2) is 0 Å². The molecule has 0 aliphatic carbocycles. The van der Waals surface area contributed by atoms with Crippen LogP contribution in [0.4, 0.5) is 0 Å². The van der Waals surface area contributed by atoms with Crippen LogP contribution in [0.25, 0.3) is 0 Å². The first-order valence-electron chi connectivity index (χ1n) is 6.67. The van der Waals surface area contributed by atoms with Gasteiger partial charge in [0, 0.05) is 12.0 Å². The summed E-state index contributed by atoms with van der Waals surface area (Å²) in [6.07, 6.45) is 10.3. The first-order chi connectivity index (χ1) is 8.20. The lowest BCUT2D eigenvalue weighted by molar-refractivity contribution is -0.137. The van der Waals surface area contributed by atoms with E-state index in [1.807, 2.05) is 0 Å². The molecule has 1 aromatic rings. The fourth-order valence-corrected chi connectivity index (χ4v) is 1.97. The molecule has 0 unspecified atom stereocenters. The highest BCUT2D eigenvalue weighted by Gasteiger charge is 2.06. The van der Waals surface area contributed by atoms with Crippen molar-refractivity contribution in [2.24, 2.45) is 0 Å². The second-order valence-corrected chi connectivity index (χ2v) is 4.76. The van der Waals surface area contributed by atoms with E-state index in [-0.39, 0.29) is 5.43 Å². The molecule has 3 nitrogen and oxygen atoms in total. The summed E-state index contributed by atoms with van der Waals surface area (Å²) in [6, 6.07) is 1.72. The highest BCUT2D eigenvalue weighted by Crippen LogP contribution is 2.11. The van der Waals surface area contributed by atoms with Gasteiger partial charge in [-0.2, -0.15) is 0 Å². The SMILES string of the molecule is O=C(O)CCCCCCCCCCc1cc1=O. The second kappa shape index (κ2) is 8.04. The van der Waals surface area contributed by atoms with Gasteiger partial charge in [0.15, 0.2) is 5.43 Å². The van der Waals surface area contributed by atoms with E-state index < -0.39 is 5.97 Å². The molecule has 1 aromatic carbocycles. The van der Waals surface area contributed by atoms with Crippen LogP contribution < -0.4 is 5.43 Å². The van der Waals surface area contributed by atoms with Crippen LogP contribution in [0.1, 0.15) is 63.4 Å². The van der Waals surface area contributed by atoms with E-state index >= 15 is 0 Å². The van der Waals surface area contributed by atoms with Crippen LogP contribution in [0.5, 0.6) is 0 Å². The Morgan fingerprint density at radius 1 is 0.941 bits per heavy atom. The van der Waals surface area contributed by atoms with Gasteiger partial charge in [0.2, 0.25) is 0 Å². The molecule has 0 heterocycles. The number of aryl methyl sites for hydroxylation is 1. The van der Waals surface area contributed by atoms with Crippen molar-refractivity contribution in [1.29, 1.82) is 0 Å². The quantitative estimate of drug-likeness (QED) is 0.603. The number of rotatable bonds is 11. The lowest BCUT2D eigenvalue weighted by Crippen LogP contribution is -1.93. The van der Waals surface area contributed by atoms with Crippen LogP contribution >= 0.6 is 0 Å². The topological polar surface area (TPSA) is 54.4 Å². The maximum atomic E-state index is 10.7. The number of carboxylic acids is 1. The Balaban J connectivity index is 1.72. The fourth-order valence-electron chi connectivity index (χ4n) is 1.97. The summed E-state index contributed by atoms with van der Waals surface area (Å²) in [5.41, 5.74) is 1.28. The molecule has 17 heavy (non-hydrogen) atoms. The zero-order chi connectivity index (χ0) is 12.5. The third kappa shape index (κ3) is 7.72. The highest BCUT2D eigenvalue weighted by molar-refractivity contribution is 5.66. The van der Waals surface area contributed by atoms with Crippen molar-refractivity contribution < 1.29 is 9.90 Å². The summed E-state index contributed by atoms with van der Waals surface area (Å²) in [5, 5.41) is 8.45. The third-order valence-electron chi connectivity index (χ3n) is 3.13. The maximum absolute atomic E-state index is 10.7. The number of aliphatic carboxylic acids is 1. The number of hydrogen-bond donors (Lipinski definition) is 1. The fraction of sp³-hybridized carbons (Fsp3) is 0.714. The van der Waals surface area contributed by atoms with Crippen LogP contribution in [0.3, 0.4) is 0 Å². The zero-order valence-electron chi connectivity index (χ0n) is 10.4. The molecule has 96 valence electrons. The molecule has 0 aliphatic rings. The summed E-state index contributed by atoms with van der Waals surface area (Å²) < 4.78 is 0. The lowest BCUT2D eigenvalue weighted by Gasteiger charge is -2.00. The highest BCUT2D eigenvalue weighted by atomic mass is 16.4. The molecule has 0 amide bonds. The smallest absolute Gasteiger partial charge is 0.303 e. The molecule has 0 aliphatic heterocycles. The van der Waals surface area contributed by atoms with Gasteiger partial charge in [-0.15, -0.1) is 0 Å². The van der Waals surface area contributed by atoms with E-state index in [0.717, 1.165) is 37.7 Å². The summed E-state index contributed by atoms with van der Waals surface area (Å²) in [4.78, 5) is 20.9. The Hall–Kier alpha value is -1.12. The largest absolute Gasteiger partial charge is 0.481 e. The van der Waals surface area contributed by atoms with E-state index in [4.69, 9.17) is 5.11 Å². The van der Waals surface area contributed by atoms with Crippen molar-refractivity contribution in [2.45, 2.75) is 64.2 Å². The van der Waals surface area contributed by atoms with Crippen LogP contribution in [-0.2, 0) is 11.2 Å². The molecular formula is C14H22O3. The summed E-state index contributed by atoms with van der Waals surface area (Å²) >= 11 is 0. The first-order valence-corrected chi connectivity index (χ1v) is 6.67. The number of unbranched alkanes of at least 4 members (excludes halogenated alkanes) is 7. The van der Waals surface area contributed by atoms with Crippen molar-refractivity contribution in [1.82, 2.24) is 0 Å². The Kier molecular flexibility index (Phi) is 6.60. The minimum Gasteiger partial charge on any atom is -0.481 e. The predicted octanol–water partition coefficient (Wildman–Crippen LogP) is 3.06. The molecule has 1 N–H and O–H groups in total. The van der Waals surface area contributed by atoms with Gasteiger partial charge in [0.25, 0.3) is 0 Å². The molecule has 0 spiro atoms. The summed E-state index contributed by atoms with van der Waals surface area (Å²) in [5.74, 6) is -0.686. The molecule has 0 bridgehead atoms. The first kappa shape index (κ1) is 13.9. The normalized spacial score (nSPS) is 11.1. The molecule has 3 heteroatoms. The molecule has 0 fully saturated rings. The Bertz CT molecular complexity index is 334. The van der Waals surface area contributed by atoms with E-state index in [9.17, 15) is 9.59 Å². The van der Waals surface area contributed by atoms with E-state index in [1.54, 1.807) is 6.07 Å². The lowest BCUT2D eigenvalue weighted by atomic mass is 10.1. The standard InChI is InChI=1S/C14H22O3/c15-13-11-12(13)9-7-5-3-1-2-4-6-8-10-14(16)17/h11H,1-10H2,(H,16,17). The molecular weight excluding hydrogens is 216 g/mol. The van der Waals surface area contributed by atoms with Crippen LogP contribution in [0.15, 0.2) is 10.9 Å². The van der Waals surface area contributed by atoms with Crippen molar-refractivity contribution in [2.75, 3.05) is 0 Å². The van der Waals surface area contributed by atoms with Crippen LogP contribution in [0.2, 0.25) is 0 Å². The molecule has 0 saturated carbocycles. The number of hydrogen-bond acceptors (Lipinski definition) is 2. The van der Waals surface area contributed by atoms with Crippen LogP contribution in [0, 0.1) is 0 Å². The predicted molar refractivity (Wildman–Crippen MR) is 68.0 cm³/mol. The van der Waals surface area contributed by atoms with Gasteiger partial charge in [0.05, 0.1) is 0 Å². The van der Waals surface area contributed by atoms with Gasteiger partial charge in [-0.1, -0.05) is 38.5 Å². The van der Waals surface area contributed by atoms with E-state index in [2.05, 4.69) is 0 Å². The zero-order valence-corrected chi connectivity index (χ0v) is 10.4. The van der Waals surface area contributed by atoms with Gasteiger partial charge in [-0.05, 0) is 25.3 Å². The minimum absolute atomic E-state index is 0.253. The Morgan fingerprint density at radius 3 is 1.88 bits per heavy atom. The molecule has 0 saturated heterocycles. The van der Waals surface area contributed by atoms with Crippen molar-refractivity contribution in [3.05, 3.63) is 21.9 Å². The number of carboxylic acid groups (broad SMARTS) is 1. The summed E-state index contributed by atoms with van der Waals surface area (Å²) in [7, 11) is 0. The molecule has 0 atom stereocenters. The van der Waals surface area contributed by atoms with Crippen molar-refractivity contribution in [3.8, 4) is 0 Å². The Morgan fingerprint density at radius 2 is 1.41 bits per heavy atom. The van der Waals surface area contributed by atoms with Gasteiger partial charge < -0.3 is 5.11 Å². The second-order valence-electron chi connectivity index (χ2n) is 4.76. The van der Waals surface area contributed by atoms with Crippen molar-refractivity contribution >= 4 is 5.97 Å². The average molecular weight is 238 g/mol. The monoisotopic (exact) mass is 238 g/mol. The van der Waals surface area contributed by atoms with Gasteiger partial charge >= 0.3 is 5.97 Å². The number of carbonyl (C=O) groups is 1. The minimum atomic E-state index is -0.686. The van der Waals surface area contributed by atoms with Crippen LogP contribution in [-0.4, -0.2) is 11.1 Å². The van der Waals surface area contributed by atoms with E-state index in [0.29, 0.717) is 6.42 Å². The molecule has 1 rings (SSSR count). The molecule has 0 aromatic heterocycles. The van der Waals surface area contributed by atoms with Crippen molar-refractivity contribution in [3.63, 3.8) is 0 Å². The third-order valence-corrected chi connectivity index (χ3v) is 3.13. The maximum Gasteiger partial charge on any atom is 0.303 e. The average Bonchev–Trinajstić information content (AvgIpc) is 2.97. The summed E-state index contributed by atoms with van der Waals surface area (Å²) in [6.45, 7) is 0.